The number of hydrogen-bond donors (Lipinski definition) is 2. The molecule has 0 aromatic heterocycles. The van der Waals surface area contributed by atoms with Crippen LogP contribution in [0.15, 0.2) is 36.4 Å². The van der Waals surface area contributed by atoms with Crippen LogP contribution in [0.5, 0.6) is 5.75 Å². The number of nitrogens with zero attached hydrogens (tertiary/aromatic N) is 1. The summed E-state index contributed by atoms with van der Waals surface area (Å²) < 4.78 is 6.07. The molecule has 0 unspecified atom stereocenters. The van der Waals surface area contributed by atoms with E-state index in [1.807, 2.05) is 13.8 Å². The summed E-state index contributed by atoms with van der Waals surface area (Å²) in [5.74, 6) is -0.202. The number of fused-ring (bicyclic) bond motifs is 2. The summed E-state index contributed by atoms with van der Waals surface area (Å²) >= 11 is 0. The van der Waals surface area contributed by atoms with Crippen molar-refractivity contribution in [2.75, 3.05) is 13.1 Å². The lowest BCUT2D eigenvalue weighted by atomic mass is 9.93. The van der Waals surface area contributed by atoms with Crippen molar-refractivity contribution in [1.29, 1.82) is 0 Å². The van der Waals surface area contributed by atoms with Gasteiger partial charge >= 0.3 is 0 Å². The van der Waals surface area contributed by atoms with Crippen LogP contribution in [0.1, 0.15) is 71.0 Å². The van der Waals surface area contributed by atoms with Gasteiger partial charge in [0.1, 0.15) is 11.4 Å². The fourth-order valence-corrected chi connectivity index (χ4v) is 4.79. The minimum Gasteiger partial charge on any atom is -0.486 e. The minimum atomic E-state index is -0.541. The average Bonchev–Trinajstić information content (AvgIpc) is 3.08. The summed E-state index contributed by atoms with van der Waals surface area (Å²) in [6.07, 6.45) is 3.80. The molecule has 0 saturated heterocycles. The van der Waals surface area contributed by atoms with Gasteiger partial charge in [-0.15, -0.1) is 0 Å². The highest BCUT2D eigenvalue weighted by molar-refractivity contribution is 6.02. The second-order valence-electron chi connectivity index (χ2n) is 9.58. The average molecular weight is 436 g/mol. The van der Waals surface area contributed by atoms with E-state index in [4.69, 9.17) is 10.5 Å². The van der Waals surface area contributed by atoms with Gasteiger partial charge in [0.15, 0.2) is 0 Å². The smallest absolute Gasteiger partial charge is 0.255 e. The van der Waals surface area contributed by atoms with Crippen LogP contribution in [-0.2, 0) is 19.4 Å². The molecule has 2 aliphatic heterocycles. The van der Waals surface area contributed by atoms with Gasteiger partial charge in [0.2, 0.25) is 5.91 Å². The van der Waals surface area contributed by atoms with E-state index >= 15 is 0 Å². The van der Waals surface area contributed by atoms with E-state index in [2.05, 4.69) is 41.4 Å². The molecule has 0 radical (unpaired) electrons. The normalized spacial score (nSPS) is 19.0. The van der Waals surface area contributed by atoms with Crippen molar-refractivity contribution in [1.82, 2.24) is 10.2 Å². The van der Waals surface area contributed by atoms with Crippen LogP contribution >= 0.6 is 0 Å². The number of nitrogens with one attached hydrogen (secondary N) is 1. The first-order chi connectivity index (χ1) is 15.3. The van der Waals surface area contributed by atoms with Crippen LogP contribution in [0.3, 0.4) is 0 Å². The van der Waals surface area contributed by atoms with Gasteiger partial charge in [-0.1, -0.05) is 37.6 Å². The van der Waals surface area contributed by atoms with Crippen LogP contribution in [0.25, 0.3) is 0 Å². The summed E-state index contributed by atoms with van der Waals surface area (Å²) in [7, 11) is 0. The van der Waals surface area contributed by atoms with Gasteiger partial charge in [0, 0.05) is 31.1 Å². The SMILES string of the molecule is CCCCN1Cc2ccccc2C[C@H]1CNC(=O)c1cc(C(N)=O)cc2c1OC(C)(C)C2. The number of carbonyl (C=O) groups is 2. The Morgan fingerprint density at radius 1 is 1.19 bits per heavy atom. The van der Waals surface area contributed by atoms with Crippen molar-refractivity contribution in [3.05, 3.63) is 64.2 Å². The molecular formula is C26H33N3O3. The minimum absolute atomic E-state index is 0.226. The van der Waals surface area contributed by atoms with Crippen molar-refractivity contribution in [2.24, 2.45) is 5.73 Å². The molecule has 0 aliphatic carbocycles. The van der Waals surface area contributed by atoms with Crippen LogP contribution in [-0.4, -0.2) is 41.4 Å². The van der Waals surface area contributed by atoms with Gasteiger partial charge in [-0.2, -0.15) is 0 Å². The number of carbonyl (C=O) groups excluding carboxylic acids is 2. The fourth-order valence-electron chi connectivity index (χ4n) is 4.79. The highest BCUT2D eigenvalue weighted by Gasteiger charge is 2.35. The van der Waals surface area contributed by atoms with E-state index in [-0.39, 0.29) is 11.9 Å². The first-order valence-electron chi connectivity index (χ1n) is 11.5. The highest BCUT2D eigenvalue weighted by atomic mass is 16.5. The quantitative estimate of drug-likeness (QED) is 0.698. The topological polar surface area (TPSA) is 84.7 Å². The molecule has 2 heterocycles. The molecule has 170 valence electrons. The monoisotopic (exact) mass is 435 g/mol. The molecule has 32 heavy (non-hydrogen) atoms. The summed E-state index contributed by atoms with van der Waals surface area (Å²) in [4.78, 5) is 27.6. The predicted octanol–water partition coefficient (Wildman–Crippen LogP) is 3.46. The molecule has 6 nitrogen and oxygen atoms in total. The van der Waals surface area contributed by atoms with E-state index in [0.717, 1.165) is 37.9 Å². The van der Waals surface area contributed by atoms with Crippen LogP contribution in [0.4, 0.5) is 0 Å². The lowest BCUT2D eigenvalue weighted by Crippen LogP contribution is -2.47. The Labute approximate surface area is 190 Å². The van der Waals surface area contributed by atoms with E-state index in [0.29, 0.717) is 29.8 Å². The molecule has 0 saturated carbocycles. The highest BCUT2D eigenvalue weighted by Crippen LogP contribution is 2.38. The molecule has 2 amide bonds. The summed E-state index contributed by atoms with van der Waals surface area (Å²) in [5, 5.41) is 3.12. The van der Waals surface area contributed by atoms with Gasteiger partial charge in [-0.05, 0) is 62.1 Å². The second kappa shape index (κ2) is 8.94. The Bertz CT molecular complexity index is 1030. The van der Waals surface area contributed by atoms with Gasteiger partial charge < -0.3 is 15.8 Å². The van der Waals surface area contributed by atoms with Crippen LogP contribution in [0.2, 0.25) is 0 Å². The number of primary amides is 1. The maximum atomic E-state index is 13.2. The maximum absolute atomic E-state index is 13.2. The first kappa shape index (κ1) is 22.3. The van der Waals surface area contributed by atoms with Gasteiger partial charge in [0.05, 0.1) is 5.56 Å². The van der Waals surface area contributed by atoms with E-state index in [1.54, 1.807) is 12.1 Å². The molecule has 0 fully saturated rings. The number of nitrogens with two attached hydrogens (primary N) is 1. The Morgan fingerprint density at radius 2 is 1.94 bits per heavy atom. The first-order valence-corrected chi connectivity index (χ1v) is 11.5. The predicted molar refractivity (Wildman–Crippen MR) is 125 cm³/mol. The van der Waals surface area contributed by atoms with Crippen LogP contribution < -0.4 is 15.8 Å². The number of hydrogen-bond acceptors (Lipinski definition) is 4. The lowest BCUT2D eigenvalue weighted by molar-refractivity contribution is 0.0911. The third kappa shape index (κ3) is 4.65. The van der Waals surface area contributed by atoms with Crippen molar-refractivity contribution >= 4 is 11.8 Å². The summed E-state index contributed by atoms with van der Waals surface area (Å²) in [5.41, 5.74) is 9.41. The van der Waals surface area contributed by atoms with Gasteiger partial charge in [0.25, 0.3) is 5.91 Å². The summed E-state index contributed by atoms with van der Waals surface area (Å²) in [6, 6.07) is 12.1. The van der Waals surface area contributed by atoms with Crippen LogP contribution in [0, 0.1) is 0 Å². The molecule has 4 rings (SSSR count). The van der Waals surface area contributed by atoms with E-state index in [9.17, 15) is 9.59 Å². The largest absolute Gasteiger partial charge is 0.486 e. The molecule has 2 aliphatic rings. The van der Waals surface area contributed by atoms with Crippen molar-refractivity contribution in [3.8, 4) is 5.75 Å². The van der Waals surface area contributed by atoms with Gasteiger partial charge in [-0.3, -0.25) is 14.5 Å². The zero-order valence-electron chi connectivity index (χ0n) is 19.2. The van der Waals surface area contributed by atoms with Gasteiger partial charge in [-0.25, -0.2) is 0 Å². The molecule has 6 heteroatoms. The third-order valence-corrected chi connectivity index (χ3v) is 6.45. The molecular weight excluding hydrogens is 402 g/mol. The number of ether oxygens (including phenoxy) is 1. The van der Waals surface area contributed by atoms with Crippen molar-refractivity contribution in [2.45, 2.75) is 64.6 Å². The third-order valence-electron chi connectivity index (χ3n) is 6.45. The lowest BCUT2D eigenvalue weighted by Gasteiger charge is -2.37. The van der Waals surface area contributed by atoms with Crippen molar-refractivity contribution in [3.63, 3.8) is 0 Å². The van der Waals surface area contributed by atoms with Crippen molar-refractivity contribution < 1.29 is 14.3 Å². The van der Waals surface area contributed by atoms with E-state index < -0.39 is 11.5 Å². The van der Waals surface area contributed by atoms with E-state index in [1.165, 1.54) is 11.1 Å². The molecule has 2 aromatic carbocycles. The summed E-state index contributed by atoms with van der Waals surface area (Å²) in [6.45, 7) is 8.60. The number of rotatable bonds is 7. The standard InChI is InChI=1S/C26H33N3O3/c1-4-5-10-29-16-18-9-7-6-8-17(18)12-21(29)15-28-25(31)22-13-19(24(27)30)11-20-14-26(2,3)32-23(20)22/h6-9,11,13,21H,4-5,10,12,14-16H2,1-3H3,(H2,27,30)(H,28,31)/t21-/m0/s1. The molecule has 1 atom stereocenters. The molecule has 2 aromatic rings. The second-order valence-corrected chi connectivity index (χ2v) is 9.58. The Balaban J connectivity index is 1.53. The zero-order chi connectivity index (χ0) is 22.9. The molecule has 0 bridgehead atoms. The Hall–Kier alpha value is -2.86. The molecule has 0 spiro atoms. The molecule has 3 N–H and O–H groups in total. The maximum Gasteiger partial charge on any atom is 0.255 e. The number of benzene rings is 2. The fraction of sp³-hybridized carbons (Fsp3) is 0.462. The number of amides is 2. The Kier molecular flexibility index (Phi) is 6.24. The Morgan fingerprint density at radius 3 is 2.66 bits per heavy atom. The zero-order valence-corrected chi connectivity index (χ0v) is 19.2. The number of unbranched alkanes of at least 4 members (excludes halogenated alkanes) is 1.